The first-order chi connectivity index (χ1) is 13.1. The molecule has 2 aliphatic heterocycles. The molecule has 0 aliphatic carbocycles. The van der Waals surface area contributed by atoms with Crippen molar-refractivity contribution in [1.29, 1.82) is 0 Å². The van der Waals surface area contributed by atoms with Gasteiger partial charge in [-0.05, 0) is 24.6 Å². The molecule has 2 heterocycles. The molecule has 2 amide bonds. The van der Waals surface area contributed by atoms with E-state index in [9.17, 15) is 14.0 Å². The van der Waals surface area contributed by atoms with Gasteiger partial charge in [0.1, 0.15) is 18.0 Å². The fraction of sp³-hybridized carbons (Fsp3) is 0.333. The van der Waals surface area contributed by atoms with Crippen LogP contribution >= 0.6 is 0 Å². The molecule has 0 aromatic heterocycles. The van der Waals surface area contributed by atoms with Gasteiger partial charge in [0.15, 0.2) is 0 Å². The van der Waals surface area contributed by atoms with Gasteiger partial charge in [-0.2, -0.15) is 0 Å². The van der Waals surface area contributed by atoms with Crippen molar-refractivity contribution in [3.63, 3.8) is 0 Å². The molecule has 0 radical (unpaired) electrons. The first kappa shape index (κ1) is 17.7. The van der Waals surface area contributed by atoms with E-state index in [1.54, 1.807) is 28.0 Å². The lowest BCUT2D eigenvalue weighted by molar-refractivity contribution is -0.140. The summed E-state index contributed by atoms with van der Waals surface area (Å²) < 4.78 is 19.8. The summed E-state index contributed by atoms with van der Waals surface area (Å²) in [4.78, 5) is 28.8. The zero-order chi connectivity index (χ0) is 18.8. The van der Waals surface area contributed by atoms with Gasteiger partial charge in [-0.1, -0.05) is 36.4 Å². The molecule has 140 valence electrons. The second kappa shape index (κ2) is 7.48. The number of benzene rings is 2. The molecule has 2 atom stereocenters. The normalized spacial score (nSPS) is 22.9. The maximum Gasteiger partial charge on any atom is 0.245 e. The number of anilines is 1. The van der Waals surface area contributed by atoms with E-state index < -0.39 is 12.1 Å². The average Bonchev–Trinajstić information content (AvgIpc) is 3.10. The Kier molecular flexibility index (Phi) is 4.90. The molecule has 2 unspecified atom stereocenters. The monoisotopic (exact) mass is 368 g/mol. The number of hydrogen-bond donors (Lipinski definition) is 0. The van der Waals surface area contributed by atoms with Crippen LogP contribution in [0.15, 0.2) is 54.6 Å². The quantitative estimate of drug-likeness (QED) is 0.837. The standard InChI is InChI=1S/C21H21FN2O3/c22-17-9-5-4-8-16(17)19-14-23(12-13-27-19)21(26)18-10-11-20(25)24(18)15-6-2-1-3-7-15/h1-9,18-19H,10-14H2. The molecule has 0 bridgehead atoms. The number of para-hydroxylation sites is 1. The van der Waals surface area contributed by atoms with Crippen LogP contribution in [0, 0.1) is 5.82 Å². The second-order valence-electron chi connectivity index (χ2n) is 6.82. The van der Waals surface area contributed by atoms with Crippen molar-refractivity contribution in [3.05, 3.63) is 66.0 Å². The first-order valence-corrected chi connectivity index (χ1v) is 9.17. The number of amides is 2. The fourth-order valence-electron chi connectivity index (χ4n) is 3.81. The highest BCUT2D eigenvalue weighted by Crippen LogP contribution is 2.30. The first-order valence-electron chi connectivity index (χ1n) is 9.17. The lowest BCUT2D eigenvalue weighted by atomic mass is 10.1. The van der Waals surface area contributed by atoms with E-state index in [4.69, 9.17) is 4.74 Å². The van der Waals surface area contributed by atoms with E-state index in [-0.39, 0.29) is 24.2 Å². The predicted octanol–water partition coefficient (Wildman–Crippen LogP) is 2.92. The van der Waals surface area contributed by atoms with Crippen molar-refractivity contribution in [2.24, 2.45) is 0 Å². The molecule has 6 heteroatoms. The Morgan fingerprint density at radius 3 is 2.59 bits per heavy atom. The predicted molar refractivity (Wildman–Crippen MR) is 98.6 cm³/mol. The molecule has 2 fully saturated rings. The number of nitrogens with zero attached hydrogens (tertiary/aromatic N) is 2. The van der Waals surface area contributed by atoms with Crippen LogP contribution in [0.4, 0.5) is 10.1 Å². The largest absolute Gasteiger partial charge is 0.370 e. The van der Waals surface area contributed by atoms with E-state index in [2.05, 4.69) is 0 Å². The molecule has 2 aromatic carbocycles. The van der Waals surface area contributed by atoms with E-state index in [0.29, 0.717) is 31.6 Å². The van der Waals surface area contributed by atoms with Crippen molar-refractivity contribution in [2.75, 3.05) is 24.6 Å². The SMILES string of the molecule is O=C(C1CCC(=O)N1c1ccccc1)N1CCOC(c2ccccc2F)C1. The van der Waals surface area contributed by atoms with Crippen molar-refractivity contribution in [1.82, 2.24) is 4.90 Å². The Balaban J connectivity index is 1.53. The van der Waals surface area contributed by atoms with Gasteiger partial charge in [-0.3, -0.25) is 14.5 Å². The molecule has 27 heavy (non-hydrogen) atoms. The number of carbonyl (C=O) groups is 2. The molecule has 2 saturated heterocycles. The third kappa shape index (κ3) is 3.45. The van der Waals surface area contributed by atoms with Gasteiger partial charge in [0.05, 0.1) is 13.2 Å². The Bertz CT molecular complexity index is 842. The Labute approximate surface area is 157 Å². The van der Waals surface area contributed by atoms with E-state index in [1.807, 2.05) is 30.3 Å². The third-order valence-corrected chi connectivity index (χ3v) is 5.16. The highest BCUT2D eigenvalue weighted by molar-refractivity contribution is 6.03. The smallest absolute Gasteiger partial charge is 0.245 e. The second-order valence-corrected chi connectivity index (χ2v) is 6.82. The highest BCUT2D eigenvalue weighted by Gasteiger charge is 2.40. The zero-order valence-electron chi connectivity index (χ0n) is 14.9. The van der Waals surface area contributed by atoms with Gasteiger partial charge in [-0.15, -0.1) is 0 Å². The average molecular weight is 368 g/mol. The van der Waals surface area contributed by atoms with Crippen LogP contribution in [0.3, 0.4) is 0 Å². The molecule has 0 saturated carbocycles. The lowest BCUT2D eigenvalue weighted by Crippen LogP contribution is -2.51. The lowest BCUT2D eigenvalue weighted by Gasteiger charge is -2.36. The minimum absolute atomic E-state index is 0.0431. The molecular weight excluding hydrogens is 347 g/mol. The molecule has 0 N–H and O–H groups in total. The van der Waals surface area contributed by atoms with Crippen molar-refractivity contribution < 1.29 is 18.7 Å². The van der Waals surface area contributed by atoms with Crippen molar-refractivity contribution in [2.45, 2.75) is 25.0 Å². The molecule has 2 aliphatic rings. The molecule has 0 spiro atoms. The number of ether oxygens (including phenoxy) is 1. The summed E-state index contributed by atoms with van der Waals surface area (Å²) in [6, 6.07) is 15.2. The summed E-state index contributed by atoms with van der Waals surface area (Å²) in [5.41, 5.74) is 1.19. The summed E-state index contributed by atoms with van der Waals surface area (Å²) >= 11 is 0. The van der Waals surface area contributed by atoms with Crippen LogP contribution in [0.1, 0.15) is 24.5 Å². The number of hydrogen-bond acceptors (Lipinski definition) is 3. The van der Waals surface area contributed by atoms with Crippen LogP contribution in [0.2, 0.25) is 0 Å². The van der Waals surface area contributed by atoms with E-state index in [1.165, 1.54) is 6.07 Å². The fourth-order valence-corrected chi connectivity index (χ4v) is 3.81. The topological polar surface area (TPSA) is 49.9 Å². The Hall–Kier alpha value is -2.73. The summed E-state index contributed by atoms with van der Waals surface area (Å²) in [6.45, 7) is 1.07. The summed E-state index contributed by atoms with van der Waals surface area (Å²) in [6.07, 6.45) is 0.354. The minimum atomic E-state index is -0.515. The highest BCUT2D eigenvalue weighted by atomic mass is 19.1. The van der Waals surface area contributed by atoms with Crippen LogP contribution < -0.4 is 4.90 Å². The summed E-state index contributed by atoms with van der Waals surface area (Å²) in [7, 11) is 0. The van der Waals surface area contributed by atoms with Crippen molar-refractivity contribution in [3.8, 4) is 0 Å². The van der Waals surface area contributed by atoms with Gasteiger partial charge < -0.3 is 9.64 Å². The van der Waals surface area contributed by atoms with Gasteiger partial charge in [-0.25, -0.2) is 4.39 Å². The Morgan fingerprint density at radius 2 is 1.81 bits per heavy atom. The molecule has 5 nitrogen and oxygen atoms in total. The van der Waals surface area contributed by atoms with Gasteiger partial charge in [0.25, 0.3) is 0 Å². The molecule has 4 rings (SSSR count). The Morgan fingerprint density at radius 1 is 1.07 bits per heavy atom. The van der Waals surface area contributed by atoms with E-state index in [0.717, 1.165) is 5.69 Å². The maximum absolute atomic E-state index is 14.1. The van der Waals surface area contributed by atoms with Crippen LogP contribution in [-0.4, -0.2) is 42.5 Å². The molecule has 2 aromatic rings. The van der Waals surface area contributed by atoms with Crippen molar-refractivity contribution >= 4 is 17.5 Å². The minimum Gasteiger partial charge on any atom is -0.370 e. The van der Waals surface area contributed by atoms with Gasteiger partial charge in [0, 0.05) is 24.2 Å². The van der Waals surface area contributed by atoms with Gasteiger partial charge >= 0.3 is 0 Å². The number of carbonyl (C=O) groups excluding carboxylic acids is 2. The summed E-state index contributed by atoms with van der Waals surface area (Å²) in [5.74, 6) is -0.480. The number of halogens is 1. The molecular formula is C21H21FN2O3. The van der Waals surface area contributed by atoms with Gasteiger partial charge in [0.2, 0.25) is 11.8 Å². The van der Waals surface area contributed by atoms with Crippen LogP contribution in [-0.2, 0) is 14.3 Å². The van der Waals surface area contributed by atoms with Crippen LogP contribution in [0.25, 0.3) is 0 Å². The third-order valence-electron chi connectivity index (χ3n) is 5.16. The maximum atomic E-state index is 14.1. The number of morpholine rings is 1. The zero-order valence-corrected chi connectivity index (χ0v) is 14.9. The summed E-state index contributed by atoms with van der Waals surface area (Å²) in [5, 5.41) is 0. The van der Waals surface area contributed by atoms with E-state index >= 15 is 0 Å². The number of rotatable bonds is 3. The van der Waals surface area contributed by atoms with Crippen LogP contribution in [0.5, 0.6) is 0 Å².